The maximum Gasteiger partial charge on any atom is 0.220 e. The third-order valence-corrected chi connectivity index (χ3v) is 2.55. The molecule has 0 aromatic heterocycles. The fourth-order valence-corrected chi connectivity index (χ4v) is 1.45. The van der Waals surface area contributed by atoms with Crippen LogP contribution in [-0.2, 0) is 4.79 Å². The molecule has 1 aliphatic rings. The van der Waals surface area contributed by atoms with Crippen LogP contribution in [0.15, 0.2) is 0 Å². The average Bonchev–Trinajstić information content (AvgIpc) is 2.87. The quantitative estimate of drug-likeness (QED) is 0.497. The van der Waals surface area contributed by atoms with E-state index < -0.39 is 0 Å². The highest BCUT2D eigenvalue weighted by molar-refractivity contribution is 7.80. The Kier molecular flexibility index (Phi) is 4.87. The predicted molar refractivity (Wildman–Crippen MR) is 61.0 cm³/mol. The summed E-state index contributed by atoms with van der Waals surface area (Å²) in [7, 11) is 0. The molecule has 0 unspecified atom stereocenters. The molecule has 0 bridgehead atoms. The maximum absolute atomic E-state index is 11.2. The van der Waals surface area contributed by atoms with Crippen molar-refractivity contribution in [2.75, 3.05) is 6.54 Å². The molecule has 0 saturated heterocycles. The van der Waals surface area contributed by atoms with Gasteiger partial charge in [0.1, 0.15) is 0 Å². The largest absolute Gasteiger partial charge is 0.393 e. The van der Waals surface area contributed by atoms with Crippen molar-refractivity contribution < 1.29 is 4.79 Å². The average molecular weight is 214 g/mol. The van der Waals surface area contributed by atoms with Crippen LogP contribution in [0.3, 0.4) is 0 Å². The van der Waals surface area contributed by atoms with Crippen molar-refractivity contribution in [3.63, 3.8) is 0 Å². The van der Waals surface area contributed by atoms with E-state index in [-0.39, 0.29) is 5.91 Å². The Balaban J connectivity index is 1.87. The molecule has 3 nitrogen and oxygen atoms in total. The van der Waals surface area contributed by atoms with Gasteiger partial charge in [0.25, 0.3) is 0 Å². The van der Waals surface area contributed by atoms with Crippen molar-refractivity contribution in [2.24, 2.45) is 11.7 Å². The molecule has 0 spiro atoms. The number of hydrogen-bond donors (Lipinski definition) is 2. The van der Waals surface area contributed by atoms with Crippen LogP contribution in [0.2, 0.25) is 0 Å². The van der Waals surface area contributed by atoms with Crippen molar-refractivity contribution in [1.29, 1.82) is 0 Å². The molecule has 0 aliphatic heterocycles. The van der Waals surface area contributed by atoms with E-state index in [2.05, 4.69) is 5.32 Å². The fraction of sp³-hybridized carbons (Fsp3) is 0.800. The molecule has 0 aromatic carbocycles. The van der Waals surface area contributed by atoms with E-state index in [0.717, 1.165) is 32.2 Å². The maximum atomic E-state index is 11.2. The summed E-state index contributed by atoms with van der Waals surface area (Å²) in [5, 5.41) is 2.90. The molecule has 4 heteroatoms. The van der Waals surface area contributed by atoms with Crippen molar-refractivity contribution in [1.82, 2.24) is 5.32 Å². The first-order chi connectivity index (χ1) is 6.68. The van der Waals surface area contributed by atoms with Crippen LogP contribution in [0.4, 0.5) is 0 Å². The highest BCUT2D eigenvalue weighted by atomic mass is 32.1. The molecule has 14 heavy (non-hydrogen) atoms. The topological polar surface area (TPSA) is 55.1 Å². The SMILES string of the molecule is NC(=S)CCCCNC(=O)CC1CC1. The zero-order valence-electron chi connectivity index (χ0n) is 8.42. The first-order valence-electron chi connectivity index (χ1n) is 5.23. The summed E-state index contributed by atoms with van der Waals surface area (Å²) >= 11 is 4.75. The molecule has 80 valence electrons. The number of thiocarbonyl (C=S) groups is 1. The summed E-state index contributed by atoms with van der Waals surface area (Å²) < 4.78 is 0. The van der Waals surface area contributed by atoms with E-state index >= 15 is 0 Å². The van der Waals surface area contributed by atoms with Gasteiger partial charge in [0, 0.05) is 13.0 Å². The number of carbonyl (C=O) groups excluding carboxylic acids is 1. The van der Waals surface area contributed by atoms with Gasteiger partial charge in [-0.2, -0.15) is 0 Å². The molecular formula is C10H18N2OS. The zero-order chi connectivity index (χ0) is 10.4. The predicted octanol–water partition coefficient (Wildman–Crippen LogP) is 1.36. The summed E-state index contributed by atoms with van der Waals surface area (Å²) in [6, 6.07) is 0. The number of carbonyl (C=O) groups is 1. The first-order valence-corrected chi connectivity index (χ1v) is 5.64. The summed E-state index contributed by atoms with van der Waals surface area (Å²) in [5.41, 5.74) is 5.35. The van der Waals surface area contributed by atoms with Gasteiger partial charge in [0.2, 0.25) is 5.91 Å². The summed E-state index contributed by atoms with van der Waals surface area (Å²) in [6.45, 7) is 0.758. The van der Waals surface area contributed by atoms with Gasteiger partial charge in [-0.05, 0) is 38.0 Å². The van der Waals surface area contributed by atoms with Gasteiger partial charge in [-0.3, -0.25) is 4.79 Å². The molecule has 1 rings (SSSR count). The van der Waals surface area contributed by atoms with Gasteiger partial charge in [0.15, 0.2) is 0 Å². The van der Waals surface area contributed by atoms with Gasteiger partial charge in [0.05, 0.1) is 4.99 Å². The fourth-order valence-electron chi connectivity index (χ4n) is 1.31. The van der Waals surface area contributed by atoms with Crippen LogP contribution in [-0.4, -0.2) is 17.4 Å². The smallest absolute Gasteiger partial charge is 0.220 e. The van der Waals surface area contributed by atoms with E-state index in [4.69, 9.17) is 18.0 Å². The van der Waals surface area contributed by atoms with Crippen LogP contribution < -0.4 is 11.1 Å². The monoisotopic (exact) mass is 214 g/mol. The van der Waals surface area contributed by atoms with Crippen molar-refractivity contribution in [3.8, 4) is 0 Å². The summed E-state index contributed by atoms with van der Waals surface area (Å²) in [4.78, 5) is 11.8. The van der Waals surface area contributed by atoms with Crippen LogP contribution in [0.1, 0.15) is 38.5 Å². The highest BCUT2D eigenvalue weighted by Crippen LogP contribution is 2.31. The molecule has 1 saturated carbocycles. The molecule has 1 aliphatic carbocycles. The summed E-state index contributed by atoms with van der Waals surface area (Å²) in [5.74, 6) is 0.870. The number of nitrogens with one attached hydrogen (secondary N) is 1. The minimum absolute atomic E-state index is 0.197. The molecular weight excluding hydrogens is 196 g/mol. The van der Waals surface area contributed by atoms with E-state index in [0.29, 0.717) is 10.9 Å². The van der Waals surface area contributed by atoms with Gasteiger partial charge in [-0.15, -0.1) is 0 Å². The number of hydrogen-bond acceptors (Lipinski definition) is 2. The number of nitrogens with two attached hydrogens (primary N) is 1. The lowest BCUT2D eigenvalue weighted by molar-refractivity contribution is -0.121. The molecule has 3 N–H and O–H groups in total. The lowest BCUT2D eigenvalue weighted by atomic mass is 10.2. The molecule has 0 aromatic rings. The normalized spacial score (nSPS) is 15.1. The second-order valence-electron chi connectivity index (χ2n) is 3.92. The van der Waals surface area contributed by atoms with E-state index in [9.17, 15) is 4.79 Å². The minimum atomic E-state index is 0.197. The first kappa shape index (κ1) is 11.4. The number of unbranched alkanes of at least 4 members (excludes halogenated alkanes) is 1. The Hall–Kier alpha value is -0.640. The Morgan fingerprint density at radius 2 is 2.14 bits per heavy atom. The van der Waals surface area contributed by atoms with Crippen LogP contribution in [0.25, 0.3) is 0 Å². The van der Waals surface area contributed by atoms with Gasteiger partial charge in [-0.25, -0.2) is 0 Å². The molecule has 0 heterocycles. The Labute approximate surface area is 90.4 Å². The second-order valence-corrected chi connectivity index (χ2v) is 4.45. The molecule has 1 amide bonds. The van der Waals surface area contributed by atoms with Gasteiger partial charge < -0.3 is 11.1 Å². The van der Waals surface area contributed by atoms with Gasteiger partial charge in [-0.1, -0.05) is 12.2 Å². The van der Waals surface area contributed by atoms with Gasteiger partial charge >= 0.3 is 0 Å². The van der Waals surface area contributed by atoms with Crippen molar-refractivity contribution >= 4 is 23.1 Å². The molecule has 0 atom stereocenters. The number of rotatable bonds is 7. The molecule has 0 radical (unpaired) electrons. The third-order valence-electron chi connectivity index (χ3n) is 2.34. The Morgan fingerprint density at radius 1 is 1.43 bits per heavy atom. The van der Waals surface area contributed by atoms with Crippen LogP contribution in [0, 0.1) is 5.92 Å². The lowest BCUT2D eigenvalue weighted by Gasteiger charge is -2.03. The highest BCUT2D eigenvalue weighted by Gasteiger charge is 2.23. The van der Waals surface area contributed by atoms with E-state index in [1.54, 1.807) is 0 Å². The van der Waals surface area contributed by atoms with E-state index in [1.807, 2.05) is 0 Å². The lowest BCUT2D eigenvalue weighted by Crippen LogP contribution is -2.24. The standard InChI is InChI=1S/C10H18N2OS/c11-9(14)3-1-2-6-12-10(13)7-8-4-5-8/h8H,1-7H2,(H2,11,14)(H,12,13). The number of amides is 1. The summed E-state index contributed by atoms with van der Waals surface area (Å²) in [6.07, 6.45) is 5.90. The van der Waals surface area contributed by atoms with Crippen molar-refractivity contribution in [3.05, 3.63) is 0 Å². The van der Waals surface area contributed by atoms with E-state index in [1.165, 1.54) is 12.8 Å². The van der Waals surface area contributed by atoms with Crippen molar-refractivity contribution in [2.45, 2.75) is 38.5 Å². The second kappa shape index (κ2) is 5.96. The molecule has 1 fully saturated rings. The minimum Gasteiger partial charge on any atom is -0.393 e. The third kappa shape index (κ3) is 5.91. The van der Waals surface area contributed by atoms with Crippen LogP contribution >= 0.6 is 12.2 Å². The Bertz CT molecular complexity index is 214. The Morgan fingerprint density at radius 3 is 2.71 bits per heavy atom. The zero-order valence-corrected chi connectivity index (χ0v) is 9.24. The van der Waals surface area contributed by atoms with Crippen LogP contribution in [0.5, 0.6) is 0 Å².